The standard InChI is InChI=1S/C16H13NO4/c1-11(19)21-15-5-3-2-4-14(15)16(20)17-13-8-6-12(10-18)7-9-13/h2-10H,1H3,(H,17,20). The Labute approximate surface area is 121 Å². The van der Waals surface area contributed by atoms with Crippen molar-refractivity contribution >= 4 is 23.9 Å². The molecule has 0 aliphatic rings. The Morgan fingerprint density at radius 3 is 2.33 bits per heavy atom. The van der Waals surface area contributed by atoms with Crippen LogP contribution in [0.5, 0.6) is 5.75 Å². The van der Waals surface area contributed by atoms with Gasteiger partial charge >= 0.3 is 5.97 Å². The average Bonchev–Trinajstić information content (AvgIpc) is 2.48. The fourth-order valence-electron chi connectivity index (χ4n) is 1.74. The minimum absolute atomic E-state index is 0.201. The van der Waals surface area contributed by atoms with Gasteiger partial charge in [0.25, 0.3) is 5.91 Å². The molecule has 0 fully saturated rings. The highest BCUT2D eigenvalue weighted by atomic mass is 16.5. The summed E-state index contributed by atoms with van der Waals surface area (Å²) in [6.07, 6.45) is 0.724. The van der Waals surface area contributed by atoms with E-state index in [0.717, 1.165) is 6.29 Å². The molecule has 0 saturated heterocycles. The molecule has 2 aromatic carbocycles. The van der Waals surface area contributed by atoms with E-state index in [2.05, 4.69) is 5.32 Å². The van der Waals surface area contributed by atoms with E-state index in [1.54, 1.807) is 48.5 Å². The lowest BCUT2D eigenvalue weighted by molar-refractivity contribution is -0.131. The Kier molecular flexibility index (Phi) is 4.46. The number of para-hydroxylation sites is 1. The van der Waals surface area contributed by atoms with Crippen molar-refractivity contribution in [2.45, 2.75) is 6.92 Å². The molecule has 1 amide bonds. The lowest BCUT2D eigenvalue weighted by Crippen LogP contribution is -2.14. The molecule has 0 aliphatic heterocycles. The van der Waals surface area contributed by atoms with Crippen LogP contribution in [0.4, 0.5) is 5.69 Å². The minimum atomic E-state index is -0.495. The number of hydrogen-bond acceptors (Lipinski definition) is 4. The summed E-state index contributed by atoms with van der Waals surface area (Å²) in [6, 6.07) is 12.9. The van der Waals surface area contributed by atoms with Crippen LogP contribution in [0, 0.1) is 0 Å². The van der Waals surface area contributed by atoms with Gasteiger partial charge in [-0.1, -0.05) is 12.1 Å². The van der Waals surface area contributed by atoms with Crippen LogP contribution in [-0.2, 0) is 4.79 Å². The highest BCUT2D eigenvalue weighted by Crippen LogP contribution is 2.20. The lowest BCUT2D eigenvalue weighted by atomic mass is 10.1. The summed E-state index contributed by atoms with van der Waals surface area (Å²) in [4.78, 5) is 33.8. The first-order valence-electron chi connectivity index (χ1n) is 6.24. The normalized spacial score (nSPS) is 9.76. The fraction of sp³-hybridized carbons (Fsp3) is 0.0625. The first-order chi connectivity index (χ1) is 10.1. The number of amides is 1. The van der Waals surface area contributed by atoms with Gasteiger partial charge in [0.2, 0.25) is 0 Å². The quantitative estimate of drug-likeness (QED) is 0.532. The molecule has 1 N–H and O–H groups in total. The molecule has 5 nitrogen and oxygen atoms in total. The zero-order valence-corrected chi connectivity index (χ0v) is 11.3. The van der Waals surface area contributed by atoms with E-state index in [1.807, 2.05) is 0 Å². The van der Waals surface area contributed by atoms with Crippen molar-refractivity contribution in [2.24, 2.45) is 0 Å². The number of rotatable bonds is 4. The van der Waals surface area contributed by atoms with Crippen LogP contribution in [-0.4, -0.2) is 18.2 Å². The molecule has 0 aromatic heterocycles. The van der Waals surface area contributed by atoms with Crippen molar-refractivity contribution in [1.29, 1.82) is 0 Å². The highest BCUT2D eigenvalue weighted by Gasteiger charge is 2.13. The summed E-state index contributed by atoms with van der Waals surface area (Å²) in [7, 11) is 0. The second kappa shape index (κ2) is 6.47. The maximum absolute atomic E-state index is 12.2. The molecule has 0 unspecified atom stereocenters. The van der Waals surface area contributed by atoms with E-state index >= 15 is 0 Å². The van der Waals surface area contributed by atoms with Crippen LogP contribution in [0.2, 0.25) is 0 Å². The van der Waals surface area contributed by atoms with Crippen LogP contribution in [0.15, 0.2) is 48.5 Å². The first kappa shape index (κ1) is 14.5. The average molecular weight is 283 g/mol. The Morgan fingerprint density at radius 2 is 1.71 bits per heavy atom. The molecule has 0 aliphatic carbocycles. The van der Waals surface area contributed by atoms with Crippen molar-refractivity contribution in [1.82, 2.24) is 0 Å². The van der Waals surface area contributed by atoms with Gasteiger partial charge in [0.15, 0.2) is 0 Å². The van der Waals surface area contributed by atoms with E-state index in [9.17, 15) is 14.4 Å². The monoisotopic (exact) mass is 283 g/mol. The van der Waals surface area contributed by atoms with Gasteiger partial charge in [0.05, 0.1) is 5.56 Å². The van der Waals surface area contributed by atoms with E-state index in [0.29, 0.717) is 11.3 Å². The predicted molar refractivity (Wildman–Crippen MR) is 77.5 cm³/mol. The molecule has 0 spiro atoms. The smallest absolute Gasteiger partial charge is 0.308 e. The molecule has 0 heterocycles. The molecule has 21 heavy (non-hydrogen) atoms. The van der Waals surface area contributed by atoms with Crippen molar-refractivity contribution in [2.75, 3.05) is 5.32 Å². The number of nitrogens with one attached hydrogen (secondary N) is 1. The van der Waals surface area contributed by atoms with Gasteiger partial charge < -0.3 is 10.1 Å². The van der Waals surface area contributed by atoms with Gasteiger partial charge in [-0.15, -0.1) is 0 Å². The summed E-state index contributed by atoms with van der Waals surface area (Å²) in [6.45, 7) is 1.27. The third kappa shape index (κ3) is 3.76. The fourth-order valence-corrected chi connectivity index (χ4v) is 1.74. The van der Waals surface area contributed by atoms with Crippen molar-refractivity contribution in [3.8, 4) is 5.75 Å². The van der Waals surface area contributed by atoms with Gasteiger partial charge in [-0.2, -0.15) is 0 Å². The Bertz CT molecular complexity index is 677. The molecule has 0 radical (unpaired) electrons. The molecular formula is C16H13NO4. The number of aldehydes is 1. The van der Waals surface area contributed by atoms with Crippen LogP contribution in [0.25, 0.3) is 0 Å². The zero-order valence-electron chi connectivity index (χ0n) is 11.3. The molecule has 5 heteroatoms. The summed E-state index contributed by atoms with van der Waals surface area (Å²) in [5.41, 5.74) is 1.32. The van der Waals surface area contributed by atoms with Crippen LogP contribution >= 0.6 is 0 Å². The number of ether oxygens (including phenoxy) is 1. The van der Waals surface area contributed by atoms with Gasteiger partial charge in [-0.05, 0) is 36.4 Å². The number of esters is 1. The van der Waals surface area contributed by atoms with E-state index in [1.165, 1.54) is 6.92 Å². The Balaban J connectivity index is 2.19. The van der Waals surface area contributed by atoms with Gasteiger partial charge in [0, 0.05) is 18.2 Å². The summed E-state index contributed by atoms with van der Waals surface area (Å²) >= 11 is 0. The number of carbonyl (C=O) groups excluding carboxylic acids is 3. The molecule has 0 bridgehead atoms. The van der Waals surface area contributed by atoms with Crippen LogP contribution in [0.1, 0.15) is 27.6 Å². The maximum atomic E-state index is 12.2. The van der Waals surface area contributed by atoms with E-state index in [4.69, 9.17) is 4.74 Å². The molecule has 0 atom stereocenters. The minimum Gasteiger partial charge on any atom is -0.426 e. The molecular weight excluding hydrogens is 270 g/mol. The summed E-state index contributed by atoms with van der Waals surface area (Å²) in [5, 5.41) is 2.68. The van der Waals surface area contributed by atoms with Gasteiger partial charge in [-0.3, -0.25) is 14.4 Å². The first-order valence-corrected chi connectivity index (χ1v) is 6.24. The second-order valence-electron chi connectivity index (χ2n) is 4.28. The van der Waals surface area contributed by atoms with E-state index < -0.39 is 11.9 Å². The molecule has 106 valence electrons. The summed E-state index contributed by atoms with van der Waals surface area (Å²) < 4.78 is 4.99. The second-order valence-corrected chi connectivity index (χ2v) is 4.28. The van der Waals surface area contributed by atoms with Crippen LogP contribution in [0.3, 0.4) is 0 Å². The van der Waals surface area contributed by atoms with Crippen molar-refractivity contribution in [3.63, 3.8) is 0 Å². The molecule has 2 rings (SSSR count). The Hall–Kier alpha value is -2.95. The summed E-state index contributed by atoms with van der Waals surface area (Å²) in [5.74, 6) is -0.691. The SMILES string of the molecule is CC(=O)Oc1ccccc1C(=O)Nc1ccc(C=O)cc1. The number of carbonyl (C=O) groups is 3. The Morgan fingerprint density at radius 1 is 1.05 bits per heavy atom. The number of anilines is 1. The van der Waals surface area contributed by atoms with Gasteiger partial charge in [-0.25, -0.2) is 0 Å². The lowest BCUT2D eigenvalue weighted by Gasteiger charge is -2.09. The maximum Gasteiger partial charge on any atom is 0.308 e. The molecule has 2 aromatic rings. The number of benzene rings is 2. The number of hydrogen-bond donors (Lipinski definition) is 1. The van der Waals surface area contributed by atoms with Gasteiger partial charge in [0.1, 0.15) is 12.0 Å². The zero-order chi connectivity index (χ0) is 15.2. The topological polar surface area (TPSA) is 72.5 Å². The van der Waals surface area contributed by atoms with Crippen molar-refractivity contribution < 1.29 is 19.1 Å². The molecule has 0 saturated carbocycles. The van der Waals surface area contributed by atoms with Crippen molar-refractivity contribution in [3.05, 3.63) is 59.7 Å². The van der Waals surface area contributed by atoms with E-state index in [-0.39, 0.29) is 11.3 Å². The third-order valence-electron chi connectivity index (χ3n) is 2.69. The predicted octanol–water partition coefficient (Wildman–Crippen LogP) is 2.68. The largest absolute Gasteiger partial charge is 0.426 e. The highest BCUT2D eigenvalue weighted by molar-refractivity contribution is 6.06. The van der Waals surface area contributed by atoms with Crippen LogP contribution < -0.4 is 10.1 Å². The third-order valence-corrected chi connectivity index (χ3v) is 2.69.